The Morgan fingerprint density at radius 2 is 1.96 bits per heavy atom. The zero-order chi connectivity index (χ0) is 18.1. The van der Waals surface area contributed by atoms with Crippen LogP contribution in [0, 0.1) is 11.8 Å². The largest absolute Gasteiger partial charge is 0.387 e. The van der Waals surface area contributed by atoms with E-state index in [-0.39, 0.29) is 23.7 Å². The van der Waals surface area contributed by atoms with Crippen molar-refractivity contribution in [1.82, 2.24) is 0 Å². The zero-order valence-electron chi connectivity index (χ0n) is 15.8. The number of aliphatic hydroxyl groups is 2. The lowest BCUT2D eigenvalue weighted by molar-refractivity contribution is -0.128. The normalized spacial score (nSPS) is 42.2. The maximum absolute atomic E-state index is 12.3. The van der Waals surface area contributed by atoms with Crippen LogP contribution in [0.3, 0.4) is 0 Å². The molecule has 0 unspecified atom stereocenters. The van der Waals surface area contributed by atoms with Crippen LogP contribution in [-0.4, -0.2) is 39.4 Å². The Morgan fingerprint density at radius 3 is 2.58 bits per heavy atom. The molecule has 0 aromatic carbocycles. The molecule has 0 radical (unpaired) electrons. The number of allylic oxidation sites excluding steroid dienone is 1. The molecular formula is C20H34O4. The highest BCUT2D eigenvalue weighted by Crippen LogP contribution is 2.45. The molecular weight excluding hydrogens is 304 g/mol. The van der Waals surface area contributed by atoms with E-state index in [0.717, 1.165) is 31.3 Å². The smallest absolute Gasteiger partial charge is 0.136 e. The summed E-state index contributed by atoms with van der Waals surface area (Å²) in [5.74, 6) is 0.589. The van der Waals surface area contributed by atoms with E-state index < -0.39 is 11.7 Å². The van der Waals surface area contributed by atoms with Crippen LogP contribution in [0.1, 0.15) is 73.1 Å². The second-order valence-electron chi connectivity index (χ2n) is 8.72. The average molecular weight is 338 g/mol. The van der Waals surface area contributed by atoms with E-state index in [9.17, 15) is 15.0 Å². The first-order valence-corrected chi connectivity index (χ1v) is 9.34. The highest BCUT2D eigenvalue weighted by atomic mass is 16.6. The summed E-state index contributed by atoms with van der Waals surface area (Å²) < 4.78 is 5.93. The molecule has 1 fully saturated rings. The van der Waals surface area contributed by atoms with Crippen molar-refractivity contribution in [2.75, 3.05) is 0 Å². The van der Waals surface area contributed by atoms with Crippen molar-refractivity contribution in [2.24, 2.45) is 11.8 Å². The minimum absolute atomic E-state index is 0.00196. The summed E-state index contributed by atoms with van der Waals surface area (Å²) in [6.45, 7) is 9.98. The number of Topliss-reactive ketones (excluding diaryl/α,β-unsaturated/α-hetero) is 1. The first-order valence-electron chi connectivity index (χ1n) is 9.34. The first kappa shape index (κ1) is 19.6. The van der Waals surface area contributed by atoms with Crippen molar-refractivity contribution >= 4 is 5.78 Å². The molecule has 1 aliphatic heterocycles. The molecule has 5 atom stereocenters. The van der Waals surface area contributed by atoms with E-state index in [4.69, 9.17) is 4.74 Å². The molecule has 4 nitrogen and oxygen atoms in total. The molecule has 0 aromatic heterocycles. The van der Waals surface area contributed by atoms with Crippen molar-refractivity contribution in [1.29, 1.82) is 0 Å². The number of carbonyl (C=O) groups is 1. The molecule has 0 spiro atoms. The zero-order valence-corrected chi connectivity index (χ0v) is 15.8. The van der Waals surface area contributed by atoms with Gasteiger partial charge < -0.3 is 14.9 Å². The summed E-state index contributed by atoms with van der Waals surface area (Å²) in [5, 5.41) is 21.1. The molecule has 2 rings (SSSR count). The summed E-state index contributed by atoms with van der Waals surface area (Å²) in [4.78, 5) is 12.3. The molecule has 0 amide bonds. The lowest BCUT2D eigenvalue weighted by Crippen LogP contribution is -2.40. The van der Waals surface area contributed by atoms with Crippen LogP contribution in [0.4, 0.5) is 0 Å². The third-order valence-corrected chi connectivity index (χ3v) is 5.75. The highest BCUT2D eigenvalue weighted by Gasteiger charge is 2.51. The predicted molar refractivity (Wildman–Crippen MR) is 94.7 cm³/mol. The fourth-order valence-corrected chi connectivity index (χ4v) is 3.72. The van der Waals surface area contributed by atoms with Gasteiger partial charge in [0.1, 0.15) is 11.9 Å². The standard InChI is InChI=1S/C20H34O4/c1-13(2)15-8-9-20(5)18(24-20)7-6-14(3)10-16(21)12-19(4,23)17(22)11-15/h11,13-14,17-18,22-23H,6-10,12H2,1-5H3/t14-,17-,18-,19+,20-/m1/s1. The number of rotatable bonds is 1. The number of fused-ring (bicyclic) bond motifs is 1. The molecule has 2 aliphatic rings. The molecule has 1 heterocycles. The third-order valence-electron chi connectivity index (χ3n) is 5.75. The Morgan fingerprint density at radius 1 is 1.29 bits per heavy atom. The number of hydrogen-bond donors (Lipinski definition) is 2. The van der Waals surface area contributed by atoms with E-state index >= 15 is 0 Å². The fraction of sp³-hybridized carbons (Fsp3) is 0.850. The summed E-state index contributed by atoms with van der Waals surface area (Å²) in [6, 6.07) is 0. The number of ether oxygens (including phenoxy) is 1. The molecule has 138 valence electrons. The van der Waals surface area contributed by atoms with Gasteiger partial charge in [-0.1, -0.05) is 32.4 Å². The summed E-state index contributed by atoms with van der Waals surface area (Å²) in [7, 11) is 0. The van der Waals surface area contributed by atoms with Crippen molar-refractivity contribution in [2.45, 2.75) is 96.6 Å². The number of aliphatic hydroxyl groups excluding tert-OH is 1. The van der Waals surface area contributed by atoms with Gasteiger partial charge in [0.05, 0.1) is 17.3 Å². The molecule has 24 heavy (non-hydrogen) atoms. The Hall–Kier alpha value is -0.710. The van der Waals surface area contributed by atoms with Gasteiger partial charge in [-0.2, -0.15) is 0 Å². The Kier molecular flexibility index (Phi) is 5.94. The van der Waals surface area contributed by atoms with Gasteiger partial charge in [-0.15, -0.1) is 0 Å². The fourth-order valence-electron chi connectivity index (χ4n) is 3.72. The molecule has 2 N–H and O–H groups in total. The maximum atomic E-state index is 12.3. The molecule has 4 heteroatoms. The monoisotopic (exact) mass is 338 g/mol. The van der Waals surface area contributed by atoms with Gasteiger partial charge in [0, 0.05) is 12.8 Å². The van der Waals surface area contributed by atoms with Gasteiger partial charge in [0.25, 0.3) is 0 Å². The molecule has 1 aliphatic carbocycles. The third kappa shape index (κ3) is 4.90. The van der Waals surface area contributed by atoms with E-state index in [2.05, 4.69) is 27.7 Å². The number of epoxide rings is 1. The van der Waals surface area contributed by atoms with Crippen LogP contribution in [0.5, 0.6) is 0 Å². The van der Waals surface area contributed by atoms with Crippen LogP contribution in [-0.2, 0) is 9.53 Å². The Labute approximate surface area is 146 Å². The Bertz CT molecular complexity index is 494. The SMILES string of the molecule is CC(C)C1=C[C@@H](O)[C@@](C)(O)CC(=O)C[C@H](C)CC[C@H]2O[C@]2(C)CC1. The average Bonchev–Trinajstić information content (AvgIpc) is 3.10. The quantitative estimate of drug-likeness (QED) is 0.568. The lowest BCUT2D eigenvalue weighted by Gasteiger charge is -2.28. The van der Waals surface area contributed by atoms with Gasteiger partial charge in [-0.3, -0.25) is 4.79 Å². The van der Waals surface area contributed by atoms with E-state index in [1.807, 2.05) is 0 Å². The number of hydrogen-bond acceptors (Lipinski definition) is 4. The topological polar surface area (TPSA) is 70.1 Å². The summed E-state index contributed by atoms with van der Waals surface area (Å²) >= 11 is 0. The van der Waals surface area contributed by atoms with E-state index in [1.54, 1.807) is 13.0 Å². The first-order chi connectivity index (χ1) is 11.0. The lowest BCUT2D eigenvalue weighted by atomic mass is 9.84. The minimum atomic E-state index is -1.41. The van der Waals surface area contributed by atoms with Crippen molar-refractivity contribution in [3.8, 4) is 0 Å². The number of carbonyl (C=O) groups excluding carboxylic acids is 1. The number of ketones is 1. The van der Waals surface area contributed by atoms with Crippen molar-refractivity contribution < 1.29 is 19.7 Å². The van der Waals surface area contributed by atoms with Gasteiger partial charge >= 0.3 is 0 Å². The second kappa shape index (κ2) is 7.27. The van der Waals surface area contributed by atoms with Crippen LogP contribution in [0.25, 0.3) is 0 Å². The van der Waals surface area contributed by atoms with Crippen LogP contribution < -0.4 is 0 Å². The van der Waals surface area contributed by atoms with E-state index in [1.165, 1.54) is 0 Å². The molecule has 0 aromatic rings. The van der Waals surface area contributed by atoms with Crippen molar-refractivity contribution in [3.63, 3.8) is 0 Å². The molecule has 1 saturated heterocycles. The van der Waals surface area contributed by atoms with Crippen molar-refractivity contribution in [3.05, 3.63) is 11.6 Å². The van der Waals surface area contributed by atoms with Crippen LogP contribution in [0.15, 0.2) is 11.6 Å². The Balaban J connectivity index is 2.21. The van der Waals surface area contributed by atoms with E-state index in [0.29, 0.717) is 18.4 Å². The van der Waals surface area contributed by atoms with Gasteiger partial charge in [-0.25, -0.2) is 0 Å². The summed E-state index contributed by atoms with van der Waals surface area (Å²) in [5.41, 5.74) is -0.366. The van der Waals surface area contributed by atoms with Crippen LogP contribution in [0.2, 0.25) is 0 Å². The van der Waals surface area contributed by atoms with Gasteiger partial charge in [0.15, 0.2) is 0 Å². The van der Waals surface area contributed by atoms with Crippen LogP contribution >= 0.6 is 0 Å². The molecule has 0 saturated carbocycles. The predicted octanol–water partition coefficient (Wildman–Crippen LogP) is 3.40. The van der Waals surface area contributed by atoms with Gasteiger partial charge in [-0.05, 0) is 51.4 Å². The summed E-state index contributed by atoms with van der Waals surface area (Å²) in [6.07, 6.45) is 5.21. The molecule has 0 bridgehead atoms. The second-order valence-corrected chi connectivity index (χ2v) is 8.72. The maximum Gasteiger partial charge on any atom is 0.136 e. The van der Waals surface area contributed by atoms with Gasteiger partial charge in [0.2, 0.25) is 0 Å². The minimum Gasteiger partial charge on any atom is -0.387 e. The highest BCUT2D eigenvalue weighted by molar-refractivity contribution is 5.79.